The molecule has 1 aliphatic rings. The van der Waals surface area contributed by atoms with Crippen molar-refractivity contribution in [3.05, 3.63) is 57.6 Å². The summed E-state index contributed by atoms with van der Waals surface area (Å²) >= 11 is 15.6. The Hall–Kier alpha value is -1.51. The highest BCUT2D eigenvalue weighted by Gasteiger charge is 2.23. The predicted octanol–water partition coefficient (Wildman–Crippen LogP) is 6.89. The number of nitrogens with one attached hydrogen (secondary N) is 1. The zero-order valence-corrected chi connectivity index (χ0v) is 20.6. The Balaban J connectivity index is 0.00000272. The first kappa shape index (κ1) is 24.1. The number of anilines is 2. The first-order valence-electron chi connectivity index (χ1n) is 9.55. The minimum atomic E-state index is 0. The van der Waals surface area contributed by atoms with Gasteiger partial charge in [0.15, 0.2) is 5.13 Å². The van der Waals surface area contributed by atoms with Crippen LogP contribution in [0.4, 0.5) is 10.9 Å². The molecule has 2 aromatic heterocycles. The largest absolute Gasteiger partial charge is 0.343 e. The van der Waals surface area contributed by atoms with Gasteiger partial charge in [0.25, 0.3) is 0 Å². The quantitative estimate of drug-likeness (QED) is 0.401. The third kappa shape index (κ3) is 6.05. The molecule has 1 N–H and O–H groups in total. The monoisotopic (exact) mass is 514 g/mol. The van der Waals surface area contributed by atoms with E-state index in [-0.39, 0.29) is 18.3 Å². The van der Waals surface area contributed by atoms with Crippen LogP contribution in [0.15, 0.2) is 51.7 Å². The van der Waals surface area contributed by atoms with Crippen molar-refractivity contribution in [1.82, 2.24) is 14.9 Å². The average Bonchev–Trinajstić information content (AvgIpc) is 3.20. The van der Waals surface area contributed by atoms with Crippen molar-refractivity contribution in [2.24, 2.45) is 0 Å². The molecule has 0 saturated carbocycles. The highest BCUT2D eigenvalue weighted by Crippen LogP contribution is 2.39. The van der Waals surface area contributed by atoms with Gasteiger partial charge in [0, 0.05) is 47.3 Å². The number of piperidine rings is 1. The van der Waals surface area contributed by atoms with Gasteiger partial charge in [-0.05, 0) is 37.1 Å². The highest BCUT2D eigenvalue weighted by atomic mass is 35.5. The molecule has 4 rings (SSSR count). The molecule has 1 fully saturated rings. The average molecular weight is 516 g/mol. The van der Waals surface area contributed by atoms with Crippen molar-refractivity contribution in [3.8, 4) is 0 Å². The Labute approximate surface area is 206 Å². The van der Waals surface area contributed by atoms with Crippen molar-refractivity contribution in [3.63, 3.8) is 0 Å². The van der Waals surface area contributed by atoms with Gasteiger partial charge in [0.1, 0.15) is 5.82 Å². The number of carbonyl (C=O) groups excluding carboxylic acids is 1. The molecule has 3 heterocycles. The minimum absolute atomic E-state index is 0. The Kier molecular flexibility index (Phi) is 8.47. The molecule has 0 radical (unpaired) electrons. The van der Waals surface area contributed by atoms with E-state index in [9.17, 15) is 4.79 Å². The number of likely N-dealkylation sites (tertiary alicyclic amines) is 1. The molecule has 1 aliphatic heterocycles. The van der Waals surface area contributed by atoms with E-state index in [2.05, 4.69) is 15.7 Å². The van der Waals surface area contributed by atoms with Crippen LogP contribution in [0.2, 0.25) is 10.0 Å². The van der Waals surface area contributed by atoms with Gasteiger partial charge in [-0.3, -0.25) is 4.79 Å². The molecule has 0 bridgehead atoms. The van der Waals surface area contributed by atoms with Gasteiger partial charge in [0.05, 0.1) is 15.7 Å². The Morgan fingerprint density at radius 1 is 1.23 bits per heavy atom. The predicted molar refractivity (Wildman–Crippen MR) is 132 cm³/mol. The highest BCUT2D eigenvalue weighted by molar-refractivity contribution is 7.99. The van der Waals surface area contributed by atoms with Crippen LogP contribution in [0.25, 0.3) is 0 Å². The number of carbonyl (C=O) groups is 1. The van der Waals surface area contributed by atoms with E-state index < -0.39 is 0 Å². The van der Waals surface area contributed by atoms with Crippen LogP contribution < -0.4 is 5.32 Å². The van der Waals surface area contributed by atoms with E-state index in [1.54, 1.807) is 24.5 Å². The first-order valence-corrected chi connectivity index (χ1v) is 12.0. The molecule has 0 atom stereocenters. The molecule has 1 amide bonds. The zero-order chi connectivity index (χ0) is 21.1. The Morgan fingerprint density at radius 3 is 2.61 bits per heavy atom. The van der Waals surface area contributed by atoms with Gasteiger partial charge in [-0.15, -0.1) is 23.7 Å². The van der Waals surface area contributed by atoms with Gasteiger partial charge in [0.2, 0.25) is 5.91 Å². The molecule has 0 aliphatic carbocycles. The summed E-state index contributed by atoms with van der Waals surface area (Å²) in [7, 11) is 0. The molecular formula is C21H21Cl3N4OS2. The van der Waals surface area contributed by atoms with E-state index in [1.807, 2.05) is 35.2 Å². The van der Waals surface area contributed by atoms with Crippen LogP contribution in [0.3, 0.4) is 0 Å². The van der Waals surface area contributed by atoms with Crippen LogP contribution >= 0.6 is 58.7 Å². The molecule has 31 heavy (non-hydrogen) atoms. The third-order valence-electron chi connectivity index (χ3n) is 4.99. The van der Waals surface area contributed by atoms with Crippen molar-refractivity contribution in [2.75, 3.05) is 18.4 Å². The van der Waals surface area contributed by atoms with Crippen molar-refractivity contribution >= 4 is 75.6 Å². The number of benzene rings is 1. The number of rotatable bonds is 5. The van der Waals surface area contributed by atoms with E-state index in [1.165, 1.54) is 11.8 Å². The molecule has 1 saturated heterocycles. The summed E-state index contributed by atoms with van der Waals surface area (Å²) in [6, 6.07) is 9.36. The van der Waals surface area contributed by atoms with Gasteiger partial charge in [-0.25, -0.2) is 9.97 Å². The van der Waals surface area contributed by atoms with Crippen LogP contribution in [0.1, 0.15) is 31.4 Å². The molecular weight excluding hydrogens is 495 g/mol. The molecule has 3 aromatic rings. The van der Waals surface area contributed by atoms with E-state index in [0.29, 0.717) is 16.0 Å². The summed E-state index contributed by atoms with van der Waals surface area (Å²) in [5.41, 5.74) is 1.08. The number of halogens is 3. The Bertz CT molecular complexity index is 1030. The smallest absolute Gasteiger partial charge is 0.219 e. The maximum absolute atomic E-state index is 11.5. The third-order valence-corrected chi connectivity index (χ3v) is 7.75. The molecule has 1 aromatic carbocycles. The van der Waals surface area contributed by atoms with Crippen molar-refractivity contribution in [2.45, 2.75) is 35.5 Å². The molecule has 5 nitrogen and oxygen atoms in total. The fourth-order valence-corrected chi connectivity index (χ4v) is 5.67. The number of amides is 1. The van der Waals surface area contributed by atoms with E-state index in [0.717, 1.165) is 52.4 Å². The summed E-state index contributed by atoms with van der Waals surface area (Å²) in [4.78, 5) is 24.4. The lowest BCUT2D eigenvalue weighted by Gasteiger charge is -2.30. The standard InChI is InChI=1S/C21H20Cl2N4OS2.ClH/c1-13(28)27-9-6-14(7-10-27)18-12-29-21(25-18)26-19-11-15(5-8-24-19)30-20-16(22)3-2-4-17(20)23;/h2-5,8,11-12,14H,6-7,9-10H2,1H3,(H,24,25,26);1H. The second kappa shape index (κ2) is 10.9. The van der Waals surface area contributed by atoms with Crippen molar-refractivity contribution in [1.29, 1.82) is 0 Å². The summed E-state index contributed by atoms with van der Waals surface area (Å²) in [6.07, 6.45) is 3.65. The maximum atomic E-state index is 11.5. The van der Waals surface area contributed by atoms with Crippen LogP contribution in [0.5, 0.6) is 0 Å². The maximum Gasteiger partial charge on any atom is 0.219 e. The SMILES string of the molecule is CC(=O)N1CCC(c2csc(Nc3cc(Sc4c(Cl)cccc4Cl)ccn3)n2)CC1.Cl. The lowest BCUT2D eigenvalue weighted by atomic mass is 9.94. The Morgan fingerprint density at radius 2 is 1.94 bits per heavy atom. The fourth-order valence-electron chi connectivity index (χ4n) is 3.37. The minimum Gasteiger partial charge on any atom is -0.343 e. The molecule has 10 heteroatoms. The van der Waals surface area contributed by atoms with E-state index in [4.69, 9.17) is 28.2 Å². The van der Waals surface area contributed by atoms with Gasteiger partial charge in [-0.2, -0.15) is 0 Å². The van der Waals surface area contributed by atoms with Crippen LogP contribution in [-0.4, -0.2) is 33.9 Å². The second-order valence-electron chi connectivity index (χ2n) is 7.01. The first-order chi connectivity index (χ1) is 14.5. The lowest BCUT2D eigenvalue weighted by molar-refractivity contribution is -0.129. The van der Waals surface area contributed by atoms with Crippen molar-refractivity contribution < 1.29 is 4.79 Å². The number of hydrogen-bond acceptors (Lipinski definition) is 6. The topological polar surface area (TPSA) is 58.1 Å². The zero-order valence-electron chi connectivity index (χ0n) is 16.7. The van der Waals surface area contributed by atoms with Gasteiger partial charge in [-0.1, -0.05) is 41.0 Å². The summed E-state index contributed by atoms with van der Waals surface area (Å²) < 4.78 is 0. The fraction of sp³-hybridized carbons (Fsp3) is 0.286. The molecule has 164 valence electrons. The molecule has 0 spiro atoms. The number of nitrogens with zero attached hydrogens (tertiary/aromatic N) is 3. The van der Waals surface area contributed by atoms with Gasteiger partial charge < -0.3 is 10.2 Å². The summed E-state index contributed by atoms with van der Waals surface area (Å²) in [5, 5.41) is 7.45. The number of thiazole rings is 1. The van der Waals surface area contributed by atoms with Crippen LogP contribution in [-0.2, 0) is 4.79 Å². The normalized spacial score (nSPS) is 14.2. The van der Waals surface area contributed by atoms with Gasteiger partial charge >= 0.3 is 0 Å². The summed E-state index contributed by atoms with van der Waals surface area (Å²) in [6.45, 7) is 3.22. The van der Waals surface area contributed by atoms with E-state index >= 15 is 0 Å². The molecule has 0 unspecified atom stereocenters. The summed E-state index contributed by atoms with van der Waals surface area (Å²) in [5.74, 6) is 1.26. The van der Waals surface area contributed by atoms with Crippen LogP contribution in [0, 0.1) is 0 Å². The number of hydrogen-bond donors (Lipinski definition) is 1. The number of pyridine rings is 1. The number of aromatic nitrogens is 2. The second-order valence-corrected chi connectivity index (χ2v) is 9.77. The lowest BCUT2D eigenvalue weighted by Crippen LogP contribution is -2.36.